The second-order valence-corrected chi connectivity index (χ2v) is 9.83. The van der Waals surface area contributed by atoms with Crippen molar-refractivity contribution in [2.45, 2.75) is 24.9 Å². The molecule has 3 aromatic rings. The Morgan fingerprint density at radius 2 is 1.97 bits per heavy atom. The van der Waals surface area contributed by atoms with E-state index in [0.717, 1.165) is 11.1 Å². The minimum atomic E-state index is -0.695. The number of nitrogens with zero attached hydrogens (tertiary/aromatic N) is 3. The van der Waals surface area contributed by atoms with Gasteiger partial charge >= 0.3 is 5.97 Å². The third kappa shape index (κ3) is 4.92. The Morgan fingerprint density at radius 1 is 1.24 bits per heavy atom. The van der Waals surface area contributed by atoms with Crippen molar-refractivity contribution in [2.75, 3.05) is 12.9 Å². The maximum absolute atomic E-state index is 13.4. The van der Waals surface area contributed by atoms with Crippen LogP contribution in [0.25, 0.3) is 5.57 Å². The lowest BCUT2D eigenvalue weighted by molar-refractivity contribution is -0.384. The summed E-state index contributed by atoms with van der Waals surface area (Å²) in [6.07, 6.45) is 3.11. The van der Waals surface area contributed by atoms with E-state index < -0.39 is 16.9 Å². The summed E-state index contributed by atoms with van der Waals surface area (Å²) < 4.78 is 16.4. The number of nitro benzene ring substituents is 1. The zero-order chi connectivity index (χ0) is 26.8. The van der Waals surface area contributed by atoms with Crippen LogP contribution in [-0.4, -0.2) is 52.2 Å². The van der Waals surface area contributed by atoms with Crippen molar-refractivity contribution < 1.29 is 28.4 Å². The van der Waals surface area contributed by atoms with Crippen LogP contribution in [0, 0.1) is 17.0 Å². The van der Waals surface area contributed by atoms with Gasteiger partial charge in [-0.15, -0.1) is 11.8 Å². The predicted molar refractivity (Wildman–Crippen MR) is 141 cm³/mol. The van der Waals surface area contributed by atoms with Gasteiger partial charge in [0.05, 0.1) is 18.3 Å². The maximum Gasteiger partial charge on any atom is 0.355 e. The molecule has 0 radical (unpaired) electrons. The number of non-ortho nitro benzene ring substituents is 1. The van der Waals surface area contributed by atoms with Crippen molar-refractivity contribution >= 4 is 41.1 Å². The third-order valence-corrected chi connectivity index (χ3v) is 7.44. The molecule has 194 valence electrons. The Morgan fingerprint density at radius 3 is 2.61 bits per heavy atom. The number of ether oxygens (including phenoxy) is 2. The third-order valence-electron chi connectivity index (χ3n) is 6.18. The Labute approximate surface area is 222 Å². The van der Waals surface area contributed by atoms with Gasteiger partial charge in [0.15, 0.2) is 6.04 Å². The van der Waals surface area contributed by atoms with Crippen LogP contribution in [0.5, 0.6) is 5.75 Å². The minimum absolute atomic E-state index is 0.0261. The monoisotopic (exact) mass is 533 g/mol. The van der Waals surface area contributed by atoms with Crippen molar-refractivity contribution in [1.82, 2.24) is 4.90 Å². The lowest BCUT2D eigenvalue weighted by Gasteiger charge is -2.47. The van der Waals surface area contributed by atoms with Crippen molar-refractivity contribution in [1.29, 1.82) is 0 Å². The van der Waals surface area contributed by atoms with Gasteiger partial charge in [-0.25, -0.2) is 4.79 Å². The number of esters is 1. The highest BCUT2D eigenvalue weighted by molar-refractivity contribution is 8.00. The van der Waals surface area contributed by atoms with Gasteiger partial charge in [0.1, 0.15) is 29.2 Å². The van der Waals surface area contributed by atoms with E-state index in [0.29, 0.717) is 28.4 Å². The van der Waals surface area contributed by atoms with Crippen LogP contribution >= 0.6 is 11.8 Å². The van der Waals surface area contributed by atoms with Crippen molar-refractivity contribution in [2.24, 2.45) is 4.99 Å². The van der Waals surface area contributed by atoms with E-state index in [2.05, 4.69) is 4.99 Å². The predicted octanol–water partition coefficient (Wildman–Crippen LogP) is 4.36. The highest BCUT2D eigenvalue weighted by Gasteiger charge is 2.54. The molecule has 11 heteroatoms. The molecule has 1 aromatic heterocycles. The number of β-lactam (4-membered cyclic amide) rings is 1. The highest BCUT2D eigenvalue weighted by atomic mass is 32.2. The van der Waals surface area contributed by atoms with Gasteiger partial charge in [0.25, 0.3) is 11.6 Å². The molecule has 1 saturated heterocycles. The summed E-state index contributed by atoms with van der Waals surface area (Å²) >= 11 is 1.48. The molecule has 38 heavy (non-hydrogen) atoms. The zero-order valence-electron chi connectivity index (χ0n) is 20.5. The fourth-order valence-electron chi connectivity index (χ4n) is 4.16. The molecule has 0 N–H and O–H groups in total. The smallest absolute Gasteiger partial charge is 0.355 e. The summed E-state index contributed by atoms with van der Waals surface area (Å²) in [4.78, 5) is 42.8. The fraction of sp³-hybridized carbons (Fsp3) is 0.222. The maximum atomic E-state index is 13.4. The van der Waals surface area contributed by atoms with Crippen LogP contribution in [0.4, 0.5) is 5.69 Å². The first kappa shape index (κ1) is 25.3. The quantitative estimate of drug-likeness (QED) is 0.138. The number of aryl methyl sites for hydroxylation is 1. The molecule has 1 fully saturated rings. The summed E-state index contributed by atoms with van der Waals surface area (Å²) in [6, 6.07) is 14.2. The number of aliphatic imine (C=N–C) groups is 1. The van der Waals surface area contributed by atoms with Gasteiger partial charge < -0.3 is 13.9 Å². The first-order valence-electron chi connectivity index (χ1n) is 11.7. The summed E-state index contributed by atoms with van der Waals surface area (Å²) in [5, 5.41) is 10.5. The van der Waals surface area contributed by atoms with Gasteiger partial charge in [-0.05, 0) is 53.9 Å². The molecule has 0 saturated carbocycles. The number of rotatable bonds is 8. The molecule has 3 heterocycles. The number of thioether (sulfide) groups is 1. The Balaban J connectivity index is 1.37. The number of carbonyl (C=O) groups excluding carboxylic acids is 2. The second-order valence-electron chi connectivity index (χ2n) is 8.72. The minimum Gasteiger partial charge on any atom is -0.497 e. The highest BCUT2D eigenvalue weighted by Crippen LogP contribution is 2.45. The van der Waals surface area contributed by atoms with Crippen LogP contribution < -0.4 is 4.74 Å². The molecule has 2 aliphatic rings. The van der Waals surface area contributed by atoms with E-state index in [1.165, 1.54) is 35.0 Å². The topological polar surface area (TPSA) is 124 Å². The number of hydrogen-bond donors (Lipinski definition) is 0. The number of nitro groups is 1. The molecular formula is C27H23N3O7S. The molecule has 5 rings (SSSR count). The van der Waals surface area contributed by atoms with Gasteiger partial charge in [0, 0.05) is 29.7 Å². The van der Waals surface area contributed by atoms with Gasteiger partial charge in [-0.2, -0.15) is 0 Å². The van der Waals surface area contributed by atoms with Crippen molar-refractivity contribution in [3.63, 3.8) is 0 Å². The molecule has 0 aliphatic carbocycles. The number of carbonyl (C=O) groups is 2. The van der Waals surface area contributed by atoms with Crippen molar-refractivity contribution in [3.05, 3.63) is 99.1 Å². The average molecular weight is 534 g/mol. The number of benzene rings is 2. The van der Waals surface area contributed by atoms with Crippen LogP contribution in [-0.2, 0) is 20.9 Å². The van der Waals surface area contributed by atoms with E-state index >= 15 is 0 Å². The van der Waals surface area contributed by atoms with Crippen LogP contribution in [0.15, 0.2) is 76.0 Å². The summed E-state index contributed by atoms with van der Waals surface area (Å²) in [6.45, 7) is 1.91. The SMILES string of the molecule is COc1ccc(COC(=O)C2=C(c3cc(C)co3)CS[C@@H]3[C@@H](/N=C/c4ccc([N+](=O)[O-])cc4)C(=O)N23)cc1. The van der Waals surface area contributed by atoms with Gasteiger partial charge in [0.2, 0.25) is 0 Å². The molecule has 0 spiro atoms. The molecule has 0 bridgehead atoms. The normalized spacial score (nSPS) is 18.8. The Kier molecular flexibility index (Phi) is 7.01. The number of amides is 1. The van der Waals surface area contributed by atoms with E-state index in [1.54, 1.807) is 49.8 Å². The molecule has 2 aliphatic heterocycles. The Hall–Kier alpha value is -4.38. The van der Waals surface area contributed by atoms with E-state index in [9.17, 15) is 19.7 Å². The lowest BCUT2D eigenvalue weighted by Crippen LogP contribution is -2.64. The van der Waals surface area contributed by atoms with E-state index in [-0.39, 0.29) is 29.3 Å². The number of furan rings is 1. The summed E-state index contributed by atoms with van der Waals surface area (Å²) in [5.74, 6) is 0.670. The molecule has 2 atom stereocenters. The number of fused-ring (bicyclic) bond motifs is 1. The lowest BCUT2D eigenvalue weighted by atomic mass is 10.0. The fourth-order valence-corrected chi connectivity index (χ4v) is 5.50. The second kappa shape index (κ2) is 10.5. The van der Waals surface area contributed by atoms with Crippen LogP contribution in [0.2, 0.25) is 0 Å². The molecule has 2 aromatic carbocycles. The van der Waals surface area contributed by atoms with Gasteiger partial charge in [-0.1, -0.05) is 12.1 Å². The Bertz CT molecular complexity index is 1440. The van der Waals surface area contributed by atoms with Crippen LogP contribution in [0.1, 0.15) is 22.5 Å². The first-order chi connectivity index (χ1) is 18.4. The molecule has 10 nitrogen and oxygen atoms in total. The van der Waals surface area contributed by atoms with E-state index in [1.807, 2.05) is 13.0 Å². The van der Waals surface area contributed by atoms with Crippen molar-refractivity contribution in [3.8, 4) is 5.75 Å². The van der Waals surface area contributed by atoms with Gasteiger partial charge in [-0.3, -0.25) is 24.8 Å². The molecule has 0 unspecified atom stereocenters. The zero-order valence-corrected chi connectivity index (χ0v) is 21.3. The summed E-state index contributed by atoms with van der Waals surface area (Å²) in [5.41, 5.74) is 3.01. The molecular weight excluding hydrogens is 510 g/mol. The van der Waals surface area contributed by atoms with Crippen LogP contribution in [0.3, 0.4) is 0 Å². The number of hydrogen-bond acceptors (Lipinski definition) is 9. The first-order valence-corrected chi connectivity index (χ1v) is 12.7. The average Bonchev–Trinajstić information content (AvgIpc) is 3.37. The summed E-state index contributed by atoms with van der Waals surface area (Å²) in [7, 11) is 1.57. The molecule has 1 amide bonds. The standard InChI is InChI=1S/C27H23N3O7S/c1-16-11-22(36-13-16)21-15-38-26-23(28-12-17-3-7-19(8-4-17)30(33)34)25(31)29(26)24(21)27(32)37-14-18-5-9-20(35-2)10-6-18/h3-13,23,26H,14-15H2,1-2H3/b28-12+/t23-,26+/m0/s1. The number of methoxy groups -OCH3 is 1. The largest absolute Gasteiger partial charge is 0.497 e. The van der Waals surface area contributed by atoms with E-state index in [4.69, 9.17) is 13.9 Å².